The zero-order valence-electron chi connectivity index (χ0n) is 6.05. The first-order valence-electron chi connectivity index (χ1n) is 3.11. The van der Waals surface area contributed by atoms with Crippen molar-refractivity contribution in [3.05, 3.63) is 0 Å². The molecule has 0 aromatic heterocycles. The van der Waals surface area contributed by atoms with Crippen LogP contribution in [0.5, 0.6) is 0 Å². The summed E-state index contributed by atoms with van der Waals surface area (Å²) in [6.07, 6.45) is 0. The van der Waals surface area contributed by atoms with E-state index >= 15 is 0 Å². The molecule has 0 aliphatic carbocycles. The van der Waals surface area contributed by atoms with Gasteiger partial charge in [-0.3, -0.25) is 4.99 Å². The van der Waals surface area contributed by atoms with Crippen LogP contribution >= 0.6 is 11.8 Å². The topological polar surface area (TPSA) is 38.4 Å². The van der Waals surface area contributed by atoms with Crippen LogP contribution in [0, 0.1) is 0 Å². The first kappa shape index (κ1) is 8.82. The van der Waals surface area contributed by atoms with Gasteiger partial charge in [0, 0.05) is 12.3 Å². The van der Waals surface area contributed by atoms with E-state index in [0.29, 0.717) is 5.84 Å². The minimum Gasteiger partial charge on any atom is -0.388 e. The minimum absolute atomic E-state index is 0.687. The lowest BCUT2D eigenvalue weighted by Gasteiger charge is -1.92. The van der Waals surface area contributed by atoms with Gasteiger partial charge >= 0.3 is 0 Å². The van der Waals surface area contributed by atoms with Crippen molar-refractivity contribution in [2.45, 2.75) is 13.8 Å². The van der Waals surface area contributed by atoms with Crippen molar-refractivity contribution >= 4 is 17.6 Å². The zero-order chi connectivity index (χ0) is 7.11. The third kappa shape index (κ3) is 7.82. The quantitative estimate of drug-likeness (QED) is 0.366. The third-order valence-corrected chi connectivity index (χ3v) is 1.68. The number of amidine groups is 1. The van der Waals surface area contributed by atoms with Crippen molar-refractivity contribution in [1.29, 1.82) is 0 Å². The van der Waals surface area contributed by atoms with Crippen LogP contribution in [0.4, 0.5) is 0 Å². The maximum Gasteiger partial charge on any atom is 0.0905 e. The molecular formula is C6H14N2S. The summed E-state index contributed by atoms with van der Waals surface area (Å²) in [4.78, 5) is 4.04. The lowest BCUT2D eigenvalue weighted by atomic mass is 10.7. The molecule has 0 bridgehead atoms. The van der Waals surface area contributed by atoms with Gasteiger partial charge in [0.25, 0.3) is 0 Å². The summed E-state index contributed by atoms with van der Waals surface area (Å²) in [5.41, 5.74) is 5.32. The normalized spacial score (nSPS) is 12.0. The van der Waals surface area contributed by atoms with Gasteiger partial charge in [0.1, 0.15) is 0 Å². The summed E-state index contributed by atoms with van der Waals surface area (Å²) in [6.45, 7) is 4.82. The molecule has 0 aliphatic rings. The Hall–Kier alpha value is -0.180. The van der Waals surface area contributed by atoms with Crippen LogP contribution in [0.25, 0.3) is 0 Å². The van der Waals surface area contributed by atoms with E-state index in [1.807, 2.05) is 18.7 Å². The van der Waals surface area contributed by atoms with Crippen LogP contribution < -0.4 is 5.73 Å². The molecule has 0 spiro atoms. The Bertz CT molecular complexity index is 87.1. The summed E-state index contributed by atoms with van der Waals surface area (Å²) in [5.74, 6) is 2.94. The fraction of sp³-hybridized carbons (Fsp3) is 0.833. The van der Waals surface area contributed by atoms with Gasteiger partial charge in [-0.05, 0) is 12.7 Å². The van der Waals surface area contributed by atoms with Crippen LogP contribution in [0.1, 0.15) is 13.8 Å². The fourth-order valence-electron chi connectivity index (χ4n) is 0.431. The molecule has 2 N–H and O–H groups in total. The standard InChI is InChI=1S/C6H14N2S/c1-3-9-5-4-8-6(2)7/h3-5H2,1-2H3,(H2,7,8). The van der Waals surface area contributed by atoms with E-state index in [0.717, 1.165) is 12.3 Å². The second-order valence-electron chi connectivity index (χ2n) is 1.72. The van der Waals surface area contributed by atoms with E-state index in [4.69, 9.17) is 5.73 Å². The highest BCUT2D eigenvalue weighted by Crippen LogP contribution is 1.96. The predicted octanol–water partition coefficient (Wildman–Crippen LogP) is 1.12. The Morgan fingerprint density at radius 1 is 1.67 bits per heavy atom. The molecule has 9 heavy (non-hydrogen) atoms. The molecule has 0 amide bonds. The Morgan fingerprint density at radius 2 is 2.33 bits per heavy atom. The van der Waals surface area contributed by atoms with Gasteiger partial charge in [-0.1, -0.05) is 6.92 Å². The second kappa shape index (κ2) is 5.95. The van der Waals surface area contributed by atoms with E-state index in [1.54, 1.807) is 0 Å². The molecule has 0 rings (SSSR count). The highest BCUT2D eigenvalue weighted by molar-refractivity contribution is 7.99. The monoisotopic (exact) mass is 146 g/mol. The van der Waals surface area contributed by atoms with Crippen LogP contribution in [-0.4, -0.2) is 23.9 Å². The van der Waals surface area contributed by atoms with E-state index in [1.165, 1.54) is 5.75 Å². The molecule has 2 nitrogen and oxygen atoms in total. The molecule has 0 unspecified atom stereocenters. The number of hydrogen-bond acceptors (Lipinski definition) is 2. The molecule has 0 radical (unpaired) electrons. The number of hydrogen-bond donors (Lipinski definition) is 1. The Kier molecular flexibility index (Phi) is 5.83. The Labute approximate surface area is 60.9 Å². The van der Waals surface area contributed by atoms with Crippen LogP contribution in [0.15, 0.2) is 4.99 Å². The van der Waals surface area contributed by atoms with Gasteiger partial charge in [0.05, 0.1) is 5.84 Å². The highest BCUT2D eigenvalue weighted by Gasteiger charge is 1.82. The largest absolute Gasteiger partial charge is 0.388 e. The predicted molar refractivity (Wildman–Crippen MR) is 45.2 cm³/mol. The lowest BCUT2D eigenvalue weighted by Crippen LogP contribution is -2.06. The molecule has 0 fully saturated rings. The van der Waals surface area contributed by atoms with Crippen molar-refractivity contribution in [2.75, 3.05) is 18.1 Å². The van der Waals surface area contributed by atoms with Crippen molar-refractivity contribution in [1.82, 2.24) is 0 Å². The van der Waals surface area contributed by atoms with Crippen molar-refractivity contribution in [3.63, 3.8) is 0 Å². The highest BCUT2D eigenvalue weighted by atomic mass is 32.2. The number of rotatable bonds is 4. The van der Waals surface area contributed by atoms with Crippen LogP contribution in [0.3, 0.4) is 0 Å². The summed E-state index contributed by atoms with van der Waals surface area (Å²) < 4.78 is 0. The molecule has 3 heteroatoms. The summed E-state index contributed by atoms with van der Waals surface area (Å²) in [7, 11) is 0. The minimum atomic E-state index is 0.687. The van der Waals surface area contributed by atoms with E-state index in [2.05, 4.69) is 11.9 Å². The number of aliphatic imine (C=N–C) groups is 1. The number of nitrogens with zero attached hydrogens (tertiary/aromatic N) is 1. The van der Waals surface area contributed by atoms with Crippen molar-refractivity contribution < 1.29 is 0 Å². The zero-order valence-corrected chi connectivity index (χ0v) is 6.87. The Balaban J connectivity index is 3.00. The summed E-state index contributed by atoms with van der Waals surface area (Å²) in [6, 6.07) is 0. The maximum absolute atomic E-state index is 5.32. The van der Waals surface area contributed by atoms with Crippen molar-refractivity contribution in [3.8, 4) is 0 Å². The molecular weight excluding hydrogens is 132 g/mol. The smallest absolute Gasteiger partial charge is 0.0905 e. The molecule has 54 valence electrons. The number of nitrogens with two attached hydrogens (primary N) is 1. The molecule has 0 atom stereocenters. The van der Waals surface area contributed by atoms with Crippen LogP contribution in [0.2, 0.25) is 0 Å². The molecule has 0 aromatic rings. The maximum atomic E-state index is 5.32. The van der Waals surface area contributed by atoms with Gasteiger partial charge in [-0.2, -0.15) is 11.8 Å². The molecule has 0 saturated heterocycles. The molecule has 0 saturated carbocycles. The van der Waals surface area contributed by atoms with E-state index in [9.17, 15) is 0 Å². The third-order valence-electron chi connectivity index (χ3n) is 0.801. The van der Waals surface area contributed by atoms with Gasteiger partial charge in [-0.25, -0.2) is 0 Å². The van der Waals surface area contributed by atoms with Gasteiger partial charge in [0.15, 0.2) is 0 Å². The first-order valence-corrected chi connectivity index (χ1v) is 4.27. The molecule has 0 aliphatic heterocycles. The van der Waals surface area contributed by atoms with Crippen molar-refractivity contribution in [2.24, 2.45) is 10.7 Å². The average Bonchev–Trinajstić information content (AvgIpc) is 1.80. The summed E-state index contributed by atoms with van der Waals surface area (Å²) in [5, 5.41) is 0. The number of thioether (sulfide) groups is 1. The van der Waals surface area contributed by atoms with Gasteiger partial charge < -0.3 is 5.73 Å². The van der Waals surface area contributed by atoms with Crippen LogP contribution in [-0.2, 0) is 0 Å². The lowest BCUT2D eigenvalue weighted by molar-refractivity contribution is 1.13. The SMILES string of the molecule is CCSCCN=C(C)N. The molecule has 0 aromatic carbocycles. The van der Waals surface area contributed by atoms with E-state index in [-0.39, 0.29) is 0 Å². The van der Waals surface area contributed by atoms with E-state index < -0.39 is 0 Å². The second-order valence-corrected chi connectivity index (χ2v) is 3.11. The average molecular weight is 146 g/mol. The summed E-state index contributed by atoms with van der Waals surface area (Å²) >= 11 is 1.89. The fourth-order valence-corrected chi connectivity index (χ4v) is 0.940. The first-order chi connectivity index (χ1) is 4.27. The molecule has 0 heterocycles. The van der Waals surface area contributed by atoms with Gasteiger partial charge in [-0.15, -0.1) is 0 Å². The Morgan fingerprint density at radius 3 is 2.78 bits per heavy atom. The van der Waals surface area contributed by atoms with Gasteiger partial charge in [0.2, 0.25) is 0 Å².